The van der Waals surface area contributed by atoms with Gasteiger partial charge in [0.25, 0.3) is 0 Å². The Labute approximate surface area is 96.5 Å². The van der Waals surface area contributed by atoms with Crippen molar-refractivity contribution in [3.63, 3.8) is 0 Å². The molecule has 1 saturated heterocycles. The Hall–Kier alpha value is -0.0600. The number of hydrogen-bond donors (Lipinski definition) is 0. The standard InChI is InChI=1S/C11H21NO2S/c1-12(5-8-15-2)9-11(10-13)3-6-14-7-4-11/h10H,3-9H2,1-2H3. The molecule has 0 aromatic heterocycles. The van der Waals surface area contributed by atoms with Gasteiger partial charge in [0.05, 0.1) is 0 Å². The molecule has 0 aromatic carbocycles. The molecule has 0 N–H and O–H groups in total. The first-order chi connectivity index (χ1) is 7.22. The van der Waals surface area contributed by atoms with Gasteiger partial charge < -0.3 is 14.4 Å². The monoisotopic (exact) mass is 231 g/mol. The summed E-state index contributed by atoms with van der Waals surface area (Å²) >= 11 is 1.84. The van der Waals surface area contributed by atoms with Crippen molar-refractivity contribution in [2.24, 2.45) is 5.41 Å². The van der Waals surface area contributed by atoms with Crippen LogP contribution < -0.4 is 0 Å². The zero-order valence-electron chi connectivity index (χ0n) is 9.70. The number of rotatable bonds is 6. The predicted molar refractivity (Wildman–Crippen MR) is 64.4 cm³/mol. The molecule has 88 valence electrons. The first-order valence-corrected chi connectivity index (χ1v) is 6.83. The molecule has 0 aliphatic carbocycles. The molecule has 0 bridgehead atoms. The molecule has 0 radical (unpaired) electrons. The van der Waals surface area contributed by atoms with Gasteiger partial charge in [-0.25, -0.2) is 0 Å². The summed E-state index contributed by atoms with van der Waals surface area (Å²) in [6, 6.07) is 0. The second kappa shape index (κ2) is 6.51. The fourth-order valence-electron chi connectivity index (χ4n) is 1.95. The first kappa shape index (κ1) is 13.0. The van der Waals surface area contributed by atoms with Crippen molar-refractivity contribution in [1.82, 2.24) is 4.90 Å². The summed E-state index contributed by atoms with van der Waals surface area (Å²) in [5.41, 5.74) is -0.147. The van der Waals surface area contributed by atoms with Crippen LogP contribution in [0.5, 0.6) is 0 Å². The van der Waals surface area contributed by atoms with Crippen molar-refractivity contribution in [3.8, 4) is 0 Å². The molecule has 1 fully saturated rings. The quantitative estimate of drug-likeness (QED) is 0.644. The molecule has 0 aromatic rings. The third kappa shape index (κ3) is 4.13. The Morgan fingerprint density at radius 1 is 1.47 bits per heavy atom. The minimum atomic E-state index is -0.147. The predicted octanol–water partition coefficient (Wildman–Crippen LogP) is 1.28. The molecular formula is C11H21NO2S. The maximum Gasteiger partial charge on any atom is 0.127 e. The van der Waals surface area contributed by atoms with Crippen molar-refractivity contribution in [2.75, 3.05) is 45.4 Å². The van der Waals surface area contributed by atoms with Crippen LogP contribution in [0, 0.1) is 5.41 Å². The van der Waals surface area contributed by atoms with Crippen LogP contribution in [0.15, 0.2) is 0 Å². The van der Waals surface area contributed by atoms with Gasteiger partial charge in [-0.3, -0.25) is 0 Å². The highest BCUT2D eigenvalue weighted by Crippen LogP contribution is 2.28. The van der Waals surface area contributed by atoms with Gasteiger partial charge in [0.15, 0.2) is 0 Å². The van der Waals surface area contributed by atoms with Crippen molar-refractivity contribution in [3.05, 3.63) is 0 Å². The fraction of sp³-hybridized carbons (Fsp3) is 0.909. The summed E-state index contributed by atoms with van der Waals surface area (Å²) in [5.74, 6) is 1.13. The van der Waals surface area contributed by atoms with E-state index < -0.39 is 0 Å². The maximum absolute atomic E-state index is 11.2. The van der Waals surface area contributed by atoms with E-state index in [4.69, 9.17) is 4.74 Å². The smallest absolute Gasteiger partial charge is 0.127 e. The van der Waals surface area contributed by atoms with Gasteiger partial charge in [-0.05, 0) is 26.1 Å². The minimum Gasteiger partial charge on any atom is -0.381 e. The second-order valence-electron chi connectivity index (χ2n) is 4.32. The van der Waals surface area contributed by atoms with Gasteiger partial charge in [-0.15, -0.1) is 0 Å². The highest BCUT2D eigenvalue weighted by atomic mass is 32.2. The molecule has 0 unspecified atom stereocenters. The molecule has 1 heterocycles. The van der Waals surface area contributed by atoms with Crippen LogP contribution in [0.2, 0.25) is 0 Å². The molecule has 0 spiro atoms. The number of thioether (sulfide) groups is 1. The second-order valence-corrected chi connectivity index (χ2v) is 5.31. The lowest BCUT2D eigenvalue weighted by molar-refractivity contribution is -0.122. The largest absolute Gasteiger partial charge is 0.381 e. The van der Waals surface area contributed by atoms with Gasteiger partial charge in [-0.2, -0.15) is 11.8 Å². The van der Waals surface area contributed by atoms with E-state index in [-0.39, 0.29) is 5.41 Å². The molecule has 3 nitrogen and oxygen atoms in total. The Kier molecular flexibility index (Phi) is 5.64. The minimum absolute atomic E-state index is 0.147. The Morgan fingerprint density at radius 3 is 2.67 bits per heavy atom. The normalized spacial score (nSPS) is 20.5. The molecule has 1 rings (SSSR count). The Bertz CT molecular complexity index is 193. The van der Waals surface area contributed by atoms with Gasteiger partial charge in [0.2, 0.25) is 0 Å². The highest BCUT2D eigenvalue weighted by molar-refractivity contribution is 7.98. The number of nitrogens with zero attached hydrogens (tertiary/aromatic N) is 1. The first-order valence-electron chi connectivity index (χ1n) is 5.44. The topological polar surface area (TPSA) is 29.5 Å². The summed E-state index contributed by atoms with van der Waals surface area (Å²) in [5, 5.41) is 0. The summed E-state index contributed by atoms with van der Waals surface area (Å²) in [4.78, 5) is 13.5. The van der Waals surface area contributed by atoms with Crippen molar-refractivity contribution in [2.45, 2.75) is 12.8 Å². The van der Waals surface area contributed by atoms with Crippen LogP contribution in [0.3, 0.4) is 0 Å². The van der Waals surface area contributed by atoms with Crippen LogP contribution >= 0.6 is 11.8 Å². The van der Waals surface area contributed by atoms with Gasteiger partial charge >= 0.3 is 0 Å². The average Bonchev–Trinajstić information content (AvgIpc) is 2.27. The SMILES string of the molecule is CSCCN(C)CC1(C=O)CCOCC1. The molecule has 0 atom stereocenters. The zero-order valence-corrected chi connectivity index (χ0v) is 10.5. The van der Waals surface area contributed by atoms with Gasteiger partial charge in [-0.1, -0.05) is 0 Å². The van der Waals surface area contributed by atoms with E-state index in [2.05, 4.69) is 18.2 Å². The van der Waals surface area contributed by atoms with Crippen LogP contribution in [-0.4, -0.2) is 56.5 Å². The van der Waals surface area contributed by atoms with Gasteiger partial charge in [0.1, 0.15) is 6.29 Å². The van der Waals surface area contributed by atoms with E-state index in [1.165, 1.54) is 0 Å². The third-order valence-electron chi connectivity index (χ3n) is 3.00. The number of carbonyl (C=O) groups is 1. The lowest BCUT2D eigenvalue weighted by atomic mass is 9.81. The van der Waals surface area contributed by atoms with Crippen molar-refractivity contribution in [1.29, 1.82) is 0 Å². The number of hydrogen-bond acceptors (Lipinski definition) is 4. The van der Waals surface area contributed by atoms with Crippen LogP contribution in [0.4, 0.5) is 0 Å². The van der Waals surface area contributed by atoms with Crippen molar-refractivity contribution >= 4 is 18.0 Å². The van der Waals surface area contributed by atoms with Crippen LogP contribution in [-0.2, 0) is 9.53 Å². The molecule has 1 aliphatic heterocycles. The highest BCUT2D eigenvalue weighted by Gasteiger charge is 2.33. The van der Waals surface area contributed by atoms with Crippen molar-refractivity contribution < 1.29 is 9.53 Å². The van der Waals surface area contributed by atoms with E-state index >= 15 is 0 Å². The van der Waals surface area contributed by atoms with E-state index in [9.17, 15) is 4.79 Å². The molecular weight excluding hydrogens is 210 g/mol. The maximum atomic E-state index is 11.2. The summed E-state index contributed by atoms with van der Waals surface area (Å²) in [6.07, 6.45) is 5.00. The Morgan fingerprint density at radius 2 is 2.13 bits per heavy atom. The molecule has 1 aliphatic rings. The zero-order chi connectivity index (χ0) is 11.1. The summed E-state index contributed by atoms with van der Waals surface area (Å²) in [7, 11) is 2.09. The lowest BCUT2D eigenvalue weighted by Gasteiger charge is -2.35. The van der Waals surface area contributed by atoms with Crippen LogP contribution in [0.25, 0.3) is 0 Å². The third-order valence-corrected chi connectivity index (χ3v) is 3.59. The van der Waals surface area contributed by atoms with E-state index in [1.807, 2.05) is 11.8 Å². The summed E-state index contributed by atoms with van der Waals surface area (Å²) < 4.78 is 5.31. The average molecular weight is 231 g/mol. The molecule has 15 heavy (non-hydrogen) atoms. The molecule has 0 amide bonds. The van der Waals surface area contributed by atoms with E-state index in [0.29, 0.717) is 0 Å². The number of aldehydes is 1. The number of carbonyl (C=O) groups excluding carboxylic acids is 1. The lowest BCUT2D eigenvalue weighted by Crippen LogP contribution is -2.41. The Balaban J connectivity index is 2.40. The van der Waals surface area contributed by atoms with E-state index in [1.54, 1.807) is 0 Å². The summed E-state index contributed by atoms with van der Waals surface area (Å²) in [6.45, 7) is 3.39. The van der Waals surface area contributed by atoms with Gasteiger partial charge in [0, 0.05) is 37.5 Å². The van der Waals surface area contributed by atoms with Crippen LogP contribution in [0.1, 0.15) is 12.8 Å². The molecule has 0 saturated carbocycles. The molecule has 4 heteroatoms. The van der Waals surface area contributed by atoms with E-state index in [0.717, 1.165) is 51.2 Å². The number of ether oxygens (including phenoxy) is 1. The fourth-order valence-corrected chi connectivity index (χ4v) is 2.45.